The molecule has 0 fully saturated rings. The fourth-order valence-corrected chi connectivity index (χ4v) is 1.92. The summed E-state index contributed by atoms with van der Waals surface area (Å²) in [6.07, 6.45) is 3.20. The molecule has 0 aliphatic heterocycles. The quantitative estimate of drug-likeness (QED) is 0.684. The van der Waals surface area contributed by atoms with Crippen molar-refractivity contribution in [3.05, 3.63) is 0 Å². The SMILES string of the molecule is CCCC(C)(N)C(=O)C(C)(N)CCC. The van der Waals surface area contributed by atoms with Crippen LogP contribution in [0.3, 0.4) is 0 Å². The van der Waals surface area contributed by atoms with E-state index in [1.165, 1.54) is 0 Å². The summed E-state index contributed by atoms with van der Waals surface area (Å²) in [5.74, 6) is -0.0197. The first-order valence-electron chi connectivity index (χ1n) is 5.40. The number of carbonyl (C=O) groups is 1. The molecule has 0 spiro atoms. The summed E-state index contributed by atoms with van der Waals surface area (Å²) in [5, 5.41) is 0. The fraction of sp³-hybridized carbons (Fsp3) is 0.909. The lowest BCUT2D eigenvalue weighted by Gasteiger charge is -2.32. The van der Waals surface area contributed by atoms with E-state index in [1.807, 2.05) is 13.8 Å². The zero-order valence-corrected chi connectivity index (χ0v) is 9.89. The molecule has 2 unspecified atom stereocenters. The molecular weight excluding hydrogens is 176 g/mol. The number of ketones is 1. The van der Waals surface area contributed by atoms with Crippen LogP contribution >= 0.6 is 0 Å². The van der Waals surface area contributed by atoms with Crippen molar-refractivity contribution in [2.24, 2.45) is 11.5 Å². The van der Waals surface area contributed by atoms with Gasteiger partial charge in [0.1, 0.15) is 0 Å². The molecule has 3 heteroatoms. The molecule has 0 saturated carbocycles. The normalized spacial score (nSPS) is 19.9. The van der Waals surface area contributed by atoms with Crippen molar-refractivity contribution in [2.75, 3.05) is 0 Å². The third-order valence-electron chi connectivity index (χ3n) is 2.58. The van der Waals surface area contributed by atoms with E-state index >= 15 is 0 Å². The molecule has 0 aromatic carbocycles. The van der Waals surface area contributed by atoms with E-state index in [0.29, 0.717) is 12.8 Å². The Bertz CT molecular complexity index is 177. The molecule has 0 aromatic heterocycles. The van der Waals surface area contributed by atoms with E-state index in [4.69, 9.17) is 11.5 Å². The van der Waals surface area contributed by atoms with Crippen molar-refractivity contribution in [3.8, 4) is 0 Å². The Balaban J connectivity index is 4.58. The van der Waals surface area contributed by atoms with Crippen LogP contribution in [0.2, 0.25) is 0 Å². The predicted molar refractivity (Wildman–Crippen MR) is 60.0 cm³/mol. The summed E-state index contributed by atoms with van der Waals surface area (Å²) in [4.78, 5) is 12.0. The smallest absolute Gasteiger partial charge is 0.171 e. The average molecular weight is 200 g/mol. The maximum absolute atomic E-state index is 12.0. The van der Waals surface area contributed by atoms with Crippen molar-refractivity contribution >= 4 is 5.78 Å². The van der Waals surface area contributed by atoms with Crippen LogP contribution in [0.4, 0.5) is 0 Å². The van der Waals surface area contributed by atoms with E-state index in [1.54, 1.807) is 13.8 Å². The summed E-state index contributed by atoms with van der Waals surface area (Å²) < 4.78 is 0. The minimum Gasteiger partial charge on any atom is -0.319 e. The van der Waals surface area contributed by atoms with Crippen molar-refractivity contribution in [1.82, 2.24) is 0 Å². The molecule has 0 radical (unpaired) electrons. The van der Waals surface area contributed by atoms with Crippen LogP contribution < -0.4 is 11.5 Å². The Labute approximate surface area is 87.2 Å². The lowest BCUT2D eigenvalue weighted by Crippen LogP contribution is -2.59. The molecule has 14 heavy (non-hydrogen) atoms. The van der Waals surface area contributed by atoms with Crippen LogP contribution in [-0.2, 0) is 4.79 Å². The molecule has 0 saturated heterocycles. The Kier molecular flexibility index (Phi) is 4.75. The molecule has 0 aromatic rings. The zero-order valence-electron chi connectivity index (χ0n) is 9.89. The van der Waals surface area contributed by atoms with Gasteiger partial charge in [-0.15, -0.1) is 0 Å². The van der Waals surface area contributed by atoms with Gasteiger partial charge in [0.2, 0.25) is 0 Å². The van der Waals surface area contributed by atoms with Crippen LogP contribution in [0.1, 0.15) is 53.4 Å². The second-order valence-corrected chi connectivity index (χ2v) is 4.66. The Morgan fingerprint density at radius 2 is 1.29 bits per heavy atom. The van der Waals surface area contributed by atoms with Gasteiger partial charge in [0.15, 0.2) is 5.78 Å². The summed E-state index contributed by atoms with van der Waals surface area (Å²) >= 11 is 0. The summed E-state index contributed by atoms with van der Waals surface area (Å²) in [6, 6.07) is 0. The summed E-state index contributed by atoms with van der Waals surface area (Å²) in [5.41, 5.74) is 10.4. The van der Waals surface area contributed by atoms with E-state index in [-0.39, 0.29) is 5.78 Å². The number of hydrogen-bond donors (Lipinski definition) is 2. The van der Waals surface area contributed by atoms with Gasteiger partial charge in [0, 0.05) is 0 Å². The van der Waals surface area contributed by atoms with Gasteiger partial charge < -0.3 is 11.5 Å². The second kappa shape index (κ2) is 4.89. The molecule has 2 atom stereocenters. The standard InChI is InChI=1S/C11H24N2O/c1-5-7-10(3,12)9(14)11(4,13)8-6-2/h5-8,12-13H2,1-4H3. The van der Waals surface area contributed by atoms with Crippen LogP contribution in [0.5, 0.6) is 0 Å². The van der Waals surface area contributed by atoms with Crippen LogP contribution in [0.25, 0.3) is 0 Å². The van der Waals surface area contributed by atoms with E-state index in [2.05, 4.69) is 0 Å². The topological polar surface area (TPSA) is 69.1 Å². The highest BCUT2D eigenvalue weighted by molar-refractivity contribution is 5.95. The highest BCUT2D eigenvalue weighted by Gasteiger charge is 2.38. The zero-order chi connectivity index (χ0) is 11.4. The molecule has 0 bridgehead atoms. The van der Waals surface area contributed by atoms with Crippen LogP contribution in [-0.4, -0.2) is 16.9 Å². The molecule has 0 amide bonds. The van der Waals surface area contributed by atoms with Gasteiger partial charge in [-0.3, -0.25) is 4.79 Å². The molecular formula is C11H24N2O. The molecule has 4 N–H and O–H groups in total. The average Bonchev–Trinajstić information content (AvgIpc) is 2.02. The maximum atomic E-state index is 12.0. The Hall–Kier alpha value is -0.410. The molecule has 0 heterocycles. The molecule has 84 valence electrons. The molecule has 0 aliphatic carbocycles. The highest BCUT2D eigenvalue weighted by Crippen LogP contribution is 2.20. The van der Waals surface area contributed by atoms with Crippen molar-refractivity contribution < 1.29 is 4.79 Å². The number of carbonyl (C=O) groups excluding carboxylic acids is 1. The predicted octanol–water partition coefficient (Wildman–Crippen LogP) is 1.59. The monoisotopic (exact) mass is 200 g/mol. The van der Waals surface area contributed by atoms with Crippen molar-refractivity contribution in [2.45, 2.75) is 64.5 Å². The van der Waals surface area contributed by atoms with Gasteiger partial charge in [-0.05, 0) is 26.7 Å². The van der Waals surface area contributed by atoms with Crippen LogP contribution in [0.15, 0.2) is 0 Å². The highest BCUT2D eigenvalue weighted by atomic mass is 16.1. The fourth-order valence-electron chi connectivity index (χ4n) is 1.92. The van der Waals surface area contributed by atoms with Crippen LogP contribution in [0, 0.1) is 0 Å². The van der Waals surface area contributed by atoms with E-state index < -0.39 is 11.1 Å². The summed E-state index contributed by atoms with van der Waals surface area (Å²) in [7, 11) is 0. The first-order valence-corrected chi connectivity index (χ1v) is 5.40. The second-order valence-electron chi connectivity index (χ2n) is 4.66. The number of hydrogen-bond acceptors (Lipinski definition) is 3. The third-order valence-corrected chi connectivity index (χ3v) is 2.58. The first kappa shape index (κ1) is 13.6. The van der Waals surface area contributed by atoms with Gasteiger partial charge in [-0.2, -0.15) is 0 Å². The first-order chi connectivity index (χ1) is 6.28. The number of rotatable bonds is 6. The number of nitrogens with two attached hydrogens (primary N) is 2. The molecule has 0 aliphatic rings. The van der Waals surface area contributed by atoms with Crippen molar-refractivity contribution in [1.29, 1.82) is 0 Å². The van der Waals surface area contributed by atoms with Gasteiger partial charge in [-0.25, -0.2) is 0 Å². The van der Waals surface area contributed by atoms with Crippen molar-refractivity contribution in [3.63, 3.8) is 0 Å². The minimum absolute atomic E-state index is 0.0197. The Morgan fingerprint density at radius 1 is 1.00 bits per heavy atom. The largest absolute Gasteiger partial charge is 0.319 e. The van der Waals surface area contributed by atoms with Gasteiger partial charge in [0.25, 0.3) is 0 Å². The maximum Gasteiger partial charge on any atom is 0.171 e. The summed E-state index contributed by atoms with van der Waals surface area (Å²) in [6.45, 7) is 7.59. The molecule has 3 nitrogen and oxygen atoms in total. The van der Waals surface area contributed by atoms with Gasteiger partial charge in [-0.1, -0.05) is 26.7 Å². The lowest BCUT2D eigenvalue weighted by atomic mass is 9.79. The number of Topliss-reactive ketones (excluding diaryl/α,β-unsaturated/α-hetero) is 1. The van der Waals surface area contributed by atoms with E-state index in [9.17, 15) is 4.79 Å². The Morgan fingerprint density at radius 3 is 1.50 bits per heavy atom. The minimum atomic E-state index is -0.770. The van der Waals surface area contributed by atoms with E-state index in [0.717, 1.165) is 12.8 Å². The van der Waals surface area contributed by atoms with Gasteiger partial charge in [0.05, 0.1) is 11.1 Å². The van der Waals surface area contributed by atoms with Gasteiger partial charge >= 0.3 is 0 Å². The lowest BCUT2D eigenvalue weighted by molar-refractivity contribution is -0.129. The third kappa shape index (κ3) is 3.39. The molecule has 0 rings (SSSR count).